The lowest BCUT2D eigenvalue weighted by Crippen LogP contribution is -2.20. The highest BCUT2D eigenvalue weighted by Gasteiger charge is 2.01. The van der Waals surface area contributed by atoms with Crippen LogP contribution in [-0.2, 0) is 6.54 Å². The summed E-state index contributed by atoms with van der Waals surface area (Å²) in [7, 11) is 0. The van der Waals surface area contributed by atoms with Gasteiger partial charge in [0.2, 0.25) is 0 Å². The molecule has 0 aliphatic heterocycles. The minimum absolute atomic E-state index is 0.272. The lowest BCUT2D eigenvalue weighted by molar-refractivity contribution is 0.260. The molecule has 0 aromatic carbocycles. The molecule has 0 spiro atoms. The minimum atomic E-state index is 0.272. The first kappa shape index (κ1) is 12.0. The summed E-state index contributed by atoms with van der Waals surface area (Å²) in [6.45, 7) is 4.21. The first-order valence-corrected chi connectivity index (χ1v) is 5.97. The molecule has 0 radical (unpaired) electrons. The van der Waals surface area contributed by atoms with Gasteiger partial charge in [0.15, 0.2) is 0 Å². The SMILES string of the molecule is CC(CCO)CNCc1ccc(Cl)s1. The molecule has 2 nitrogen and oxygen atoms in total. The Labute approximate surface area is 93.9 Å². The van der Waals surface area contributed by atoms with Crippen LogP contribution in [0.25, 0.3) is 0 Å². The van der Waals surface area contributed by atoms with Crippen LogP contribution < -0.4 is 5.32 Å². The number of aliphatic hydroxyl groups is 1. The molecular weight excluding hydrogens is 218 g/mol. The van der Waals surface area contributed by atoms with E-state index < -0.39 is 0 Å². The van der Waals surface area contributed by atoms with E-state index in [1.165, 1.54) is 4.88 Å². The van der Waals surface area contributed by atoms with Crippen molar-refractivity contribution in [2.75, 3.05) is 13.2 Å². The summed E-state index contributed by atoms with van der Waals surface area (Å²) in [4.78, 5) is 1.26. The van der Waals surface area contributed by atoms with Crippen molar-refractivity contribution in [3.8, 4) is 0 Å². The van der Waals surface area contributed by atoms with E-state index in [9.17, 15) is 0 Å². The highest BCUT2D eigenvalue weighted by atomic mass is 35.5. The second-order valence-electron chi connectivity index (χ2n) is 3.45. The van der Waals surface area contributed by atoms with Gasteiger partial charge in [-0.25, -0.2) is 0 Å². The molecule has 4 heteroatoms. The van der Waals surface area contributed by atoms with Gasteiger partial charge in [-0.05, 0) is 31.0 Å². The fraction of sp³-hybridized carbons (Fsp3) is 0.600. The van der Waals surface area contributed by atoms with Crippen molar-refractivity contribution in [1.82, 2.24) is 5.32 Å². The van der Waals surface area contributed by atoms with E-state index in [0.29, 0.717) is 5.92 Å². The summed E-state index contributed by atoms with van der Waals surface area (Å²) < 4.78 is 0.838. The van der Waals surface area contributed by atoms with Crippen LogP contribution in [0.2, 0.25) is 4.34 Å². The van der Waals surface area contributed by atoms with Crippen molar-refractivity contribution in [2.45, 2.75) is 19.9 Å². The van der Waals surface area contributed by atoms with E-state index in [1.54, 1.807) is 11.3 Å². The zero-order valence-electron chi connectivity index (χ0n) is 8.29. The third-order valence-corrected chi connectivity index (χ3v) is 3.27. The van der Waals surface area contributed by atoms with E-state index >= 15 is 0 Å². The van der Waals surface area contributed by atoms with Gasteiger partial charge in [-0.2, -0.15) is 0 Å². The first-order chi connectivity index (χ1) is 6.72. The predicted molar refractivity (Wildman–Crippen MR) is 61.9 cm³/mol. The summed E-state index contributed by atoms with van der Waals surface area (Å²) in [6.07, 6.45) is 0.859. The molecule has 1 aromatic rings. The summed E-state index contributed by atoms with van der Waals surface area (Å²) in [5.74, 6) is 0.524. The molecular formula is C10H16ClNOS. The molecule has 0 aliphatic carbocycles. The smallest absolute Gasteiger partial charge is 0.0931 e. The molecule has 1 rings (SSSR count). The highest BCUT2D eigenvalue weighted by molar-refractivity contribution is 7.16. The van der Waals surface area contributed by atoms with Gasteiger partial charge in [0, 0.05) is 18.0 Å². The van der Waals surface area contributed by atoms with Crippen molar-refractivity contribution in [2.24, 2.45) is 5.92 Å². The number of hydrogen-bond donors (Lipinski definition) is 2. The van der Waals surface area contributed by atoms with Gasteiger partial charge in [0.25, 0.3) is 0 Å². The van der Waals surface area contributed by atoms with Gasteiger partial charge in [-0.1, -0.05) is 18.5 Å². The molecule has 1 heterocycles. The number of thiophene rings is 1. The highest BCUT2D eigenvalue weighted by Crippen LogP contribution is 2.20. The van der Waals surface area contributed by atoms with Crippen LogP contribution in [0, 0.1) is 5.92 Å². The quantitative estimate of drug-likeness (QED) is 0.792. The van der Waals surface area contributed by atoms with E-state index in [2.05, 4.69) is 12.2 Å². The van der Waals surface area contributed by atoms with Gasteiger partial charge in [0.05, 0.1) is 4.34 Å². The summed E-state index contributed by atoms with van der Waals surface area (Å²) >= 11 is 7.42. The second kappa shape index (κ2) is 6.40. The van der Waals surface area contributed by atoms with Gasteiger partial charge in [0.1, 0.15) is 0 Å². The Bertz CT molecular complexity index is 264. The predicted octanol–water partition coefficient (Wildman–Crippen LogP) is 2.51. The van der Waals surface area contributed by atoms with Gasteiger partial charge < -0.3 is 10.4 Å². The molecule has 0 amide bonds. The Morgan fingerprint density at radius 3 is 2.93 bits per heavy atom. The van der Waals surface area contributed by atoms with Crippen LogP contribution in [-0.4, -0.2) is 18.3 Å². The maximum Gasteiger partial charge on any atom is 0.0931 e. The number of rotatable bonds is 6. The summed E-state index contributed by atoms with van der Waals surface area (Å²) in [5, 5.41) is 12.1. The van der Waals surface area contributed by atoms with E-state index in [1.807, 2.05) is 12.1 Å². The molecule has 1 atom stereocenters. The lowest BCUT2D eigenvalue weighted by Gasteiger charge is -2.09. The molecule has 1 aromatic heterocycles. The molecule has 0 saturated heterocycles. The zero-order chi connectivity index (χ0) is 10.4. The van der Waals surface area contributed by atoms with Crippen molar-refractivity contribution in [3.63, 3.8) is 0 Å². The average Bonchev–Trinajstić information content (AvgIpc) is 2.52. The normalized spacial score (nSPS) is 13.1. The Hall–Kier alpha value is -0.0900. The molecule has 0 fully saturated rings. The van der Waals surface area contributed by atoms with Gasteiger partial charge in [-0.3, -0.25) is 0 Å². The Morgan fingerprint density at radius 2 is 2.36 bits per heavy atom. The lowest BCUT2D eigenvalue weighted by atomic mass is 10.1. The van der Waals surface area contributed by atoms with Gasteiger partial charge >= 0.3 is 0 Å². The van der Waals surface area contributed by atoms with Crippen LogP contribution in [0.4, 0.5) is 0 Å². The van der Waals surface area contributed by atoms with Crippen molar-refractivity contribution in [3.05, 3.63) is 21.3 Å². The fourth-order valence-corrected chi connectivity index (χ4v) is 2.27. The first-order valence-electron chi connectivity index (χ1n) is 4.78. The fourth-order valence-electron chi connectivity index (χ4n) is 1.21. The van der Waals surface area contributed by atoms with Crippen LogP contribution in [0.3, 0.4) is 0 Å². The molecule has 1 unspecified atom stereocenters. The van der Waals surface area contributed by atoms with Crippen LogP contribution >= 0.6 is 22.9 Å². The molecule has 80 valence electrons. The number of aliphatic hydroxyl groups excluding tert-OH is 1. The van der Waals surface area contributed by atoms with E-state index in [-0.39, 0.29) is 6.61 Å². The minimum Gasteiger partial charge on any atom is -0.396 e. The standard InChI is InChI=1S/C10H16ClNOS/c1-8(4-5-13)6-12-7-9-2-3-10(11)14-9/h2-3,8,12-13H,4-7H2,1H3. The Balaban J connectivity index is 2.15. The second-order valence-corrected chi connectivity index (χ2v) is 5.25. The van der Waals surface area contributed by atoms with E-state index in [0.717, 1.165) is 23.8 Å². The Morgan fingerprint density at radius 1 is 1.57 bits per heavy atom. The molecule has 14 heavy (non-hydrogen) atoms. The van der Waals surface area contributed by atoms with Crippen molar-refractivity contribution < 1.29 is 5.11 Å². The summed E-state index contributed by atoms with van der Waals surface area (Å²) in [5.41, 5.74) is 0. The monoisotopic (exact) mass is 233 g/mol. The zero-order valence-corrected chi connectivity index (χ0v) is 9.87. The third-order valence-electron chi connectivity index (χ3n) is 2.04. The van der Waals surface area contributed by atoms with Gasteiger partial charge in [-0.15, -0.1) is 11.3 Å². The van der Waals surface area contributed by atoms with Crippen molar-refractivity contribution in [1.29, 1.82) is 0 Å². The average molecular weight is 234 g/mol. The van der Waals surface area contributed by atoms with Crippen LogP contribution in [0.15, 0.2) is 12.1 Å². The number of hydrogen-bond acceptors (Lipinski definition) is 3. The van der Waals surface area contributed by atoms with Crippen LogP contribution in [0.1, 0.15) is 18.2 Å². The third kappa shape index (κ3) is 4.42. The molecule has 0 aliphatic rings. The maximum atomic E-state index is 8.71. The van der Waals surface area contributed by atoms with Crippen LogP contribution in [0.5, 0.6) is 0 Å². The number of halogens is 1. The topological polar surface area (TPSA) is 32.3 Å². The Kier molecular flexibility index (Phi) is 5.48. The maximum absolute atomic E-state index is 8.71. The van der Waals surface area contributed by atoms with E-state index in [4.69, 9.17) is 16.7 Å². The largest absolute Gasteiger partial charge is 0.396 e. The molecule has 0 bridgehead atoms. The summed E-state index contributed by atoms with van der Waals surface area (Å²) in [6, 6.07) is 3.96. The molecule has 0 saturated carbocycles. The van der Waals surface area contributed by atoms with Crippen molar-refractivity contribution >= 4 is 22.9 Å². The number of nitrogens with one attached hydrogen (secondary N) is 1. The molecule has 2 N–H and O–H groups in total.